The van der Waals surface area contributed by atoms with Crippen molar-refractivity contribution in [3.63, 3.8) is 0 Å². The minimum atomic E-state index is -2.03. The fourth-order valence-corrected chi connectivity index (χ4v) is 7.99. The molecule has 0 aromatic carbocycles. The van der Waals surface area contributed by atoms with Crippen LogP contribution in [0.3, 0.4) is 0 Å². The van der Waals surface area contributed by atoms with Gasteiger partial charge in [0.15, 0.2) is 6.61 Å². The predicted molar refractivity (Wildman–Crippen MR) is 271 cm³/mol. The molecule has 0 aromatic rings. The molecule has 1 N–H and O–H groups in total. The van der Waals surface area contributed by atoms with Gasteiger partial charge in [0, 0.05) is 19.3 Å². The van der Waals surface area contributed by atoms with Crippen LogP contribution in [0.2, 0.25) is 0 Å². The Morgan fingerprint density at radius 2 is 0.578 bits per heavy atom. The van der Waals surface area contributed by atoms with Gasteiger partial charge in [-0.25, -0.2) is 0 Å². The van der Waals surface area contributed by atoms with E-state index in [1.54, 1.807) is 0 Å². The number of allylic oxidation sites excluding steroid dienone is 6. The minimum Gasteiger partial charge on any atom is -0.457 e. The Morgan fingerprint density at radius 1 is 0.344 bits per heavy atom. The second kappa shape index (κ2) is 50.0. The standard InChI is InChI=1S/C57H104O7/c1-4-7-10-13-16-19-22-25-28-31-34-37-40-43-46-49-54(59)62-53-57(52-58,63-55(60)50-47-44-41-38-35-32-29-26-23-20-17-14-11-8-5-2)64-56(61)51-48-45-42-39-36-33-30-27-24-21-18-15-12-9-6-3/h25-30,58H,4-24,31-53H2,1-3H3/b28-25-,29-26-,30-27-. The van der Waals surface area contributed by atoms with E-state index in [1.165, 1.54) is 135 Å². The van der Waals surface area contributed by atoms with Crippen molar-refractivity contribution < 1.29 is 33.7 Å². The summed E-state index contributed by atoms with van der Waals surface area (Å²) in [5.74, 6) is -3.60. The fraction of sp³-hybridized carbons (Fsp3) is 0.842. The van der Waals surface area contributed by atoms with E-state index in [1.807, 2.05) is 0 Å². The summed E-state index contributed by atoms with van der Waals surface area (Å²) >= 11 is 0. The molecule has 0 saturated heterocycles. The SMILES string of the molecule is CCCCCCCC/C=C\CCCCCCCC(=O)OCC(CO)(OC(=O)CCCCCCC/C=C\CCCCCCCC)OC(=O)CCCCCCC/C=C\CCCCCCCC. The number of esters is 3. The third-order valence-corrected chi connectivity index (χ3v) is 12.2. The number of carbonyl (C=O) groups is 3. The fourth-order valence-electron chi connectivity index (χ4n) is 7.99. The van der Waals surface area contributed by atoms with Gasteiger partial charge in [0.25, 0.3) is 0 Å². The predicted octanol–water partition coefficient (Wildman–Crippen LogP) is 17.4. The molecule has 0 aliphatic rings. The smallest absolute Gasteiger partial charge is 0.313 e. The molecule has 0 unspecified atom stereocenters. The molecule has 0 rings (SSSR count). The quantitative estimate of drug-likeness (QED) is 0.0281. The molecule has 7 heteroatoms. The lowest BCUT2D eigenvalue weighted by atomic mass is 10.1. The maximum absolute atomic E-state index is 13.0. The average molecular weight is 901 g/mol. The maximum Gasteiger partial charge on any atom is 0.313 e. The second-order valence-electron chi connectivity index (χ2n) is 18.7. The van der Waals surface area contributed by atoms with Crippen molar-refractivity contribution >= 4 is 17.9 Å². The van der Waals surface area contributed by atoms with Crippen molar-refractivity contribution in [2.45, 2.75) is 296 Å². The van der Waals surface area contributed by atoms with Crippen LogP contribution in [0, 0.1) is 0 Å². The largest absolute Gasteiger partial charge is 0.457 e. The van der Waals surface area contributed by atoms with Gasteiger partial charge in [-0.05, 0) is 96.3 Å². The number of rotatable bonds is 50. The Labute approximate surface area is 396 Å². The first-order chi connectivity index (χ1) is 31.4. The van der Waals surface area contributed by atoms with Crippen LogP contribution in [0.1, 0.15) is 290 Å². The van der Waals surface area contributed by atoms with Crippen molar-refractivity contribution in [3.05, 3.63) is 36.5 Å². The number of ether oxygens (including phenoxy) is 3. The topological polar surface area (TPSA) is 99.1 Å². The summed E-state index contributed by atoms with van der Waals surface area (Å²) in [7, 11) is 0. The molecule has 0 aliphatic heterocycles. The van der Waals surface area contributed by atoms with Crippen LogP contribution < -0.4 is 0 Å². The lowest BCUT2D eigenvalue weighted by Crippen LogP contribution is -2.48. The first-order valence-electron chi connectivity index (χ1n) is 27.6. The molecule has 0 aliphatic carbocycles. The van der Waals surface area contributed by atoms with E-state index < -0.39 is 36.9 Å². The molecular weight excluding hydrogens is 797 g/mol. The van der Waals surface area contributed by atoms with Crippen molar-refractivity contribution in [2.75, 3.05) is 13.2 Å². The van der Waals surface area contributed by atoms with Gasteiger partial charge in [0.2, 0.25) is 0 Å². The van der Waals surface area contributed by atoms with Gasteiger partial charge in [-0.2, -0.15) is 0 Å². The maximum atomic E-state index is 13.0. The highest BCUT2D eigenvalue weighted by molar-refractivity contribution is 5.72. The lowest BCUT2D eigenvalue weighted by Gasteiger charge is -2.30. The first kappa shape index (κ1) is 61.6. The van der Waals surface area contributed by atoms with E-state index in [9.17, 15) is 19.5 Å². The third-order valence-electron chi connectivity index (χ3n) is 12.2. The monoisotopic (exact) mass is 901 g/mol. The molecule has 374 valence electrons. The molecule has 0 fully saturated rings. The lowest BCUT2D eigenvalue weighted by molar-refractivity contribution is -0.255. The normalized spacial score (nSPS) is 12.0. The van der Waals surface area contributed by atoms with E-state index in [-0.39, 0.29) is 19.3 Å². The molecule has 0 atom stereocenters. The van der Waals surface area contributed by atoms with E-state index in [0.717, 1.165) is 96.3 Å². The molecule has 7 nitrogen and oxygen atoms in total. The van der Waals surface area contributed by atoms with E-state index in [0.29, 0.717) is 19.3 Å². The summed E-state index contributed by atoms with van der Waals surface area (Å²) < 4.78 is 16.8. The van der Waals surface area contributed by atoms with Gasteiger partial charge in [-0.1, -0.05) is 211 Å². The van der Waals surface area contributed by atoms with Gasteiger partial charge < -0.3 is 19.3 Å². The second-order valence-corrected chi connectivity index (χ2v) is 18.7. The molecule has 0 saturated carbocycles. The van der Waals surface area contributed by atoms with E-state index >= 15 is 0 Å². The van der Waals surface area contributed by atoms with Crippen LogP contribution in [0.5, 0.6) is 0 Å². The molecule has 0 bridgehead atoms. The van der Waals surface area contributed by atoms with Crippen molar-refractivity contribution in [2.24, 2.45) is 0 Å². The molecule has 64 heavy (non-hydrogen) atoms. The molecule has 0 spiro atoms. The Morgan fingerprint density at radius 3 is 0.844 bits per heavy atom. The first-order valence-corrected chi connectivity index (χ1v) is 27.6. The van der Waals surface area contributed by atoms with E-state index in [4.69, 9.17) is 14.2 Å². The average Bonchev–Trinajstić information content (AvgIpc) is 3.29. The molecular formula is C57H104O7. The summed E-state index contributed by atoms with van der Waals surface area (Å²) in [6.45, 7) is 5.48. The highest BCUT2D eigenvalue weighted by Gasteiger charge is 2.40. The molecule has 0 aromatic heterocycles. The van der Waals surface area contributed by atoms with Crippen LogP contribution in [-0.4, -0.2) is 42.0 Å². The zero-order chi connectivity index (χ0) is 46.7. The summed E-state index contributed by atoms with van der Waals surface area (Å²) in [6, 6.07) is 0. The summed E-state index contributed by atoms with van der Waals surface area (Å²) in [5, 5.41) is 10.5. The Bertz CT molecular complexity index is 1060. The highest BCUT2D eigenvalue weighted by Crippen LogP contribution is 2.21. The molecule has 0 radical (unpaired) electrons. The van der Waals surface area contributed by atoms with Crippen LogP contribution in [0.25, 0.3) is 0 Å². The number of aliphatic hydroxyl groups is 1. The number of hydrogen-bond donors (Lipinski definition) is 1. The van der Waals surface area contributed by atoms with Crippen molar-refractivity contribution in [3.8, 4) is 0 Å². The Balaban J connectivity index is 4.65. The summed E-state index contributed by atoms with van der Waals surface area (Å²) in [4.78, 5) is 38.8. The number of hydrogen-bond acceptors (Lipinski definition) is 7. The van der Waals surface area contributed by atoms with Gasteiger partial charge in [0.05, 0.1) is 0 Å². The minimum absolute atomic E-state index is 0.147. The molecule has 0 heterocycles. The van der Waals surface area contributed by atoms with Crippen molar-refractivity contribution in [1.29, 1.82) is 0 Å². The van der Waals surface area contributed by atoms with Gasteiger partial charge >= 0.3 is 23.7 Å². The Hall–Kier alpha value is -2.41. The van der Waals surface area contributed by atoms with E-state index in [2.05, 4.69) is 57.2 Å². The van der Waals surface area contributed by atoms with Crippen LogP contribution >= 0.6 is 0 Å². The van der Waals surface area contributed by atoms with Crippen molar-refractivity contribution in [1.82, 2.24) is 0 Å². The number of aliphatic hydroxyl groups excluding tert-OH is 1. The number of unbranched alkanes of at least 4 members (excludes halogenated alkanes) is 33. The summed E-state index contributed by atoms with van der Waals surface area (Å²) in [5.41, 5.74) is 0. The molecule has 0 amide bonds. The number of carbonyl (C=O) groups excluding carboxylic acids is 3. The van der Waals surface area contributed by atoms with Gasteiger partial charge in [0.1, 0.15) is 6.61 Å². The van der Waals surface area contributed by atoms with Gasteiger partial charge in [-0.3, -0.25) is 14.4 Å². The summed E-state index contributed by atoms with van der Waals surface area (Å²) in [6.07, 6.45) is 59.8. The van der Waals surface area contributed by atoms with Crippen LogP contribution in [0.15, 0.2) is 36.5 Å². The third kappa shape index (κ3) is 44.8. The zero-order valence-corrected chi connectivity index (χ0v) is 42.5. The van der Waals surface area contributed by atoms with Crippen LogP contribution in [0.4, 0.5) is 0 Å². The Kier molecular flexibility index (Phi) is 48.1. The van der Waals surface area contributed by atoms with Crippen LogP contribution in [-0.2, 0) is 28.6 Å². The highest BCUT2D eigenvalue weighted by atomic mass is 16.8. The van der Waals surface area contributed by atoms with Gasteiger partial charge in [-0.15, -0.1) is 0 Å². The zero-order valence-electron chi connectivity index (χ0n) is 42.5.